The van der Waals surface area contributed by atoms with E-state index in [1.54, 1.807) is 36.4 Å². The Balaban J connectivity index is 1.50. The molecule has 2 aliphatic heterocycles. The van der Waals surface area contributed by atoms with Crippen molar-refractivity contribution in [2.75, 3.05) is 31.0 Å². The number of amides is 3. The van der Waals surface area contributed by atoms with Gasteiger partial charge in [0.05, 0.1) is 19.9 Å². The van der Waals surface area contributed by atoms with Crippen molar-refractivity contribution in [2.45, 2.75) is 12.1 Å². The molecule has 2 atom stereocenters. The molecule has 2 heterocycles. The van der Waals surface area contributed by atoms with Crippen LogP contribution in [0.2, 0.25) is 5.02 Å². The van der Waals surface area contributed by atoms with E-state index >= 15 is 0 Å². The van der Waals surface area contributed by atoms with Crippen molar-refractivity contribution in [3.8, 4) is 11.5 Å². The van der Waals surface area contributed by atoms with Crippen LogP contribution in [0.3, 0.4) is 0 Å². The number of nitrogens with zero attached hydrogens (tertiary/aromatic N) is 4. The number of carbonyl (C=O) groups is 3. The highest BCUT2D eigenvalue weighted by Gasteiger charge is 2.55. The van der Waals surface area contributed by atoms with Crippen molar-refractivity contribution < 1.29 is 23.9 Å². The lowest BCUT2D eigenvalue weighted by atomic mass is 10.1. The molecule has 0 radical (unpaired) electrons. The normalized spacial score (nSPS) is 19.6. The van der Waals surface area contributed by atoms with Crippen LogP contribution in [0.1, 0.15) is 0 Å². The zero-order valence-corrected chi connectivity index (χ0v) is 17.4. The molecule has 0 bridgehead atoms. The molecule has 1 saturated heterocycles. The van der Waals surface area contributed by atoms with Crippen LogP contribution in [0, 0.1) is 0 Å². The summed E-state index contributed by atoms with van der Waals surface area (Å²) in [4.78, 5) is 39.3. The van der Waals surface area contributed by atoms with E-state index in [-0.39, 0.29) is 6.54 Å². The Kier molecular flexibility index (Phi) is 5.47. The largest absolute Gasteiger partial charge is 0.493 e. The number of methoxy groups -OCH3 is 2. The number of hydrogen-bond acceptors (Lipinski definition) is 8. The Hall–Kier alpha value is -3.66. The second-order valence-electron chi connectivity index (χ2n) is 6.80. The summed E-state index contributed by atoms with van der Waals surface area (Å²) >= 11 is 5.84. The fourth-order valence-corrected chi connectivity index (χ4v) is 3.58. The first kappa shape index (κ1) is 20.6. The zero-order chi connectivity index (χ0) is 22.1. The number of nitrogens with one attached hydrogen (secondary N) is 1. The molecule has 0 spiro atoms. The quantitative estimate of drug-likeness (QED) is 0.685. The maximum atomic E-state index is 13.1. The van der Waals surface area contributed by atoms with Gasteiger partial charge in [-0.1, -0.05) is 16.8 Å². The van der Waals surface area contributed by atoms with Crippen LogP contribution in [-0.2, 0) is 14.4 Å². The molecule has 2 aromatic rings. The van der Waals surface area contributed by atoms with E-state index in [2.05, 4.69) is 15.7 Å². The number of carbonyl (C=O) groups excluding carboxylic acids is 3. The van der Waals surface area contributed by atoms with Crippen LogP contribution in [-0.4, -0.2) is 55.6 Å². The van der Waals surface area contributed by atoms with Crippen LogP contribution >= 0.6 is 11.6 Å². The smallest absolute Gasteiger partial charge is 0.263 e. The third-order valence-electron chi connectivity index (χ3n) is 4.92. The number of anilines is 2. The van der Waals surface area contributed by atoms with Crippen molar-refractivity contribution >= 4 is 40.7 Å². The molecule has 160 valence electrons. The molecule has 0 aliphatic carbocycles. The monoisotopic (exact) mass is 443 g/mol. The van der Waals surface area contributed by atoms with E-state index in [4.69, 9.17) is 21.1 Å². The molecule has 2 unspecified atom stereocenters. The molecule has 0 saturated carbocycles. The Bertz CT molecular complexity index is 1070. The number of rotatable bonds is 6. The highest BCUT2D eigenvalue weighted by atomic mass is 35.5. The van der Waals surface area contributed by atoms with Gasteiger partial charge in [0.1, 0.15) is 6.54 Å². The van der Waals surface area contributed by atoms with E-state index in [1.165, 1.54) is 25.3 Å². The molecule has 11 heteroatoms. The third-order valence-corrected chi connectivity index (χ3v) is 5.17. The van der Waals surface area contributed by atoms with Crippen molar-refractivity contribution in [1.29, 1.82) is 0 Å². The highest BCUT2D eigenvalue weighted by molar-refractivity contribution is 6.30. The third kappa shape index (κ3) is 3.77. The maximum absolute atomic E-state index is 13.1. The van der Waals surface area contributed by atoms with E-state index in [9.17, 15) is 14.4 Å². The first-order valence-electron chi connectivity index (χ1n) is 9.25. The summed E-state index contributed by atoms with van der Waals surface area (Å²) in [6.07, 6.45) is 0. The minimum atomic E-state index is -1.01. The highest BCUT2D eigenvalue weighted by Crippen LogP contribution is 2.36. The van der Waals surface area contributed by atoms with Gasteiger partial charge < -0.3 is 14.8 Å². The number of benzene rings is 2. The molecular weight excluding hydrogens is 426 g/mol. The predicted molar refractivity (Wildman–Crippen MR) is 111 cm³/mol. The summed E-state index contributed by atoms with van der Waals surface area (Å²) in [6, 6.07) is 9.29. The van der Waals surface area contributed by atoms with Gasteiger partial charge in [-0.05, 0) is 36.4 Å². The van der Waals surface area contributed by atoms with Crippen molar-refractivity contribution in [3.63, 3.8) is 0 Å². The van der Waals surface area contributed by atoms with E-state index in [0.29, 0.717) is 27.9 Å². The topological polar surface area (TPSA) is 113 Å². The molecule has 1 N–H and O–H groups in total. The lowest BCUT2D eigenvalue weighted by molar-refractivity contribution is -0.123. The first-order chi connectivity index (χ1) is 14.9. The summed E-state index contributed by atoms with van der Waals surface area (Å²) in [7, 11) is 2.95. The zero-order valence-electron chi connectivity index (χ0n) is 16.6. The van der Waals surface area contributed by atoms with Crippen molar-refractivity contribution in [1.82, 2.24) is 5.01 Å². The minimum Gasteiger partial charge on any atom is -0.493 e. The SMILES string of the molecule is COc1ccc(N2C(=O)C3N=NN(CC(=O)Nc4ccc(Cl)cc4)C3C2=O)cc1OC. The molecule has 4 rings (SSSR count). The average Bonchev–Trinajstić information content (AvgIpc) is 3.28. The second kappa shape index (κ2) is 8.23. The maximum Gasteiger partial charge on any atom is 0.263 e. The second-order valence-corrected chi connectivity index (χ2v) is 7.23. The van der Waals surface area contributed by atoms with Crippen molar-refractivity contribution in [3.05, 3.63) is 47.5 Å². The molecule has 2 aromatic carbocycles. The lowest BCUT2D eigenvalue weighted by Crippen LogP contribution is -2.43. The molecule has 10 nitrogen and oxygen atoms in total. The summed E-state index contributed by atoms with van der Waals surface area (Å²) in [5.74, 6) is -0.617. The number of fused-ring (bicyclic) bond motifs is 1. The van der Waals surface area contributed by atoms with Crippen LogP contribution < -0.4 is 19.7 Å². The molecular formula is C20H18ClN5O5. The molecule has 3 amide bonds. The molecule has 2 aliphatic rings. The van der Waals surface area contributed by atoms with Gasteiger partial charge in [0, 0.05) is 16.8 Å². The first-order valence-corrected chi connectivity index (χ1v) is 9.63. The van der Waals surface area contributed by atoms with Crippen LogP contribution in [0.4, 0.5) is 11.4 Å². The van der Waals surface area contributed by atoms with E-state index < -0.39 is 29.8 Å². The van der Waals surface area contributed by atoms with Crippen LogP contribution in [0.15, 0.2) is 52.8 Å². The van der Waals surface area contributed by atoms with Gasteiger partial charge in [0.2, 0.25) is 5.91 Å². The van der Waals surface area contributed by atoms with E-state index in [1.807, 2.05) is 0 Å². The van der Waals surface area contributed by atoms with Gasteiger partial charge in [-0.3, -0.25) is 19.4 Å². The number of ether oxygens (including phenoxy) is 2. The fourth-order valence-electron chi connectivity index (χ4n) is 3.45. The summed E-state index contributed by atoms with van der Waals surface area (Å²) in [5.41, 5.74) is 0.866. The minimum absolute atomic E-state index is 0.244. The Morgan fingerprint density at radius 3 is 2.45 bits per heavy atom. The van der Waals surface area contributed by atoms with Crippen molar-refractivity contribution in [2.24, 2.45) is 10.3 Å². The fraction of sp³-hybridized carbons (Fsp3) is 0.250. The van der Waals surface area contributed by atoms with Crippen LogP contribution in [0.25, 0.3) is 0 Å². The average molecular weight is 444 g/mol. The van der Waals surface area contributed by atoms with Gasteiger partial charge in [0.25, 0.3) is 11.8 Å². The van der Waals surface area contributed by atoms with Crippen LogP contribution in [0.5, 0.6) is 11.5 Å². The standard InChI is InChI=1S/C20H18ClN5O5/c1-30-14-8-7-13(9-15(14)31-2)26-19(28)17-18(20(26)29)25(24-23-17)10-16(27)22-12-5-3-11(21)4-6-12/h3-9,17-18H,10H2,1-2H3,(H,22,27). The molecule has 0 aromatic heterocycles. The summed E-state index contributed by atoms with van der Waals surface area (Å²) in [6.45, 7) is -0.244. The predicted octanol–water partition coefficient (Wildman–Crippen LogP) is 2.29. The lowest BCUT2D eigenvalue weighted by Gasteiger charge is -2.20. The molecule has 31 heavy (non-hydrogen) atoms. The number of halogens is 1. The van der Waals surface area contributed by atoms with Gasteiger partial charge in [-0.2, -0.15) is 5.11 Å². The molecule has 1 fully saturated rings. The Morgan fingerprint density at radius 2 is 1.77 bits per heavy atom. The van der Waals surface area contributed by atoms with E-state index in [0.717, 1.165) is 4.90 Å². The summed E-state index contributed by atoms with van der Waals surface area (Å²) < 4.78 is 10.4. The number of imide groups is 1. The Labute approximate surface area is 182 Å². The summed E-state index contributed by atoms with van der Waals surface area (Å²) in [5, 5.41) is 12.2. The Morgan fingerprint density at radius 1 is 1.06 bits per heavy atom. The van der Waals surface area contributed by atoms with Gasteiger partial charge in [-0.15, -0.1) is 0 Å². The van der Waals surface area contributed by atoms with Gasteiger partial charge in [-0.25, -0.2) is 4.90 Å². The van der Waals surface area contributed by atoms with Gasteiger partial charge in [0.15, 0.2) is 23.6 Å². The van der Waals surface area contributed by atoms with Gasteiger partial charge >= 0.3 is 0 Å². The number of hydrogen-bond donors (Lipinski definition) is 1.